The molecule has 1 aliphatic heterocycles. The second-order valence-electron chi connectivity index (χ2n) is 2.95. The second kappa shape index (κ2) is 5.26. The highest BCUT2D eigenvalue weighted by molar-refractivity contribution is 5.84. The Kier molecular flexibility index (Phi) is 3.90. The lowest BCUT2D eigenvalue weighted by atomic mass is 9.99. The molecular formula is C10H14N2O. The van der Waals surface area contributed by atoms with Gasteiger partial charge in [-0.3, -0.25) is 0 Å². The standard InChI is InChI=1S/C10H14N2O/c1-3-7-13-12-9(2)10-5-4-6-11-8-10/h1,4,6,10-11H,5,7-8H2,2H3. The molecule has 0 saturated heterocycles. The lowest BCUT2D eigenvalue weighted by Gasteiger charge is -2.17. The second-order valence-corrected chi connectivity index (χ2v) is 2.95. The van der Waals surface area contributed by atoms with Crippen molar-refractivity contribution in [2.24, 2.45) is 11.1 Å². The number of oxime groups is 1. The molecule has 1 N–H and O–H groups in total. The molecule has 0 radical (unpaired) electrons. The lowest BCUT2D eigenvalue weighted by Crippen LogP contribution is -2.26. The van der Waals surface area contributed by atoms with Gasteiger partial charge in [-0.2, -0.15) is 0 Å². The minimum absolute atomic E-state index is 0.243. The van der Waals surface area contributed by atoms with Crippen molar-refractivity contribution in [3.8, 4) is 12.3 Å². The highest BCUT2D eigenvalue weighted by Crippen LogP contribution is 2.09. The summed E-state index contributed by atoms with van der Waals surface area (Å²) in [5.74, 6) is 2.80. The summed E-state index contributed by atoms with van der Waals surface area (Å²) in [6, 6.07) is 0. The predicted molar refractivity (Wildman–Crippen MR) is 53.1 cm³/mol. The van der Waals surface area contributed by atoms with Crippen LogP contribution in [0.4, 0.5) is 0 Å². The van der Waals surface area contributed by atoms with Gasteiger partial charge in [0.05, 0.1) is 5.71 Å². The molecule has 0 aromatic carbocycles. The highest BCUT2D eigenvalue weighted by atomic mass is 16.6. The van der Waals surface area contributed by atoms with Gasteiger partial charge in [0.25, 0.3) is 0 Å². The van der Waals surface area contributed by atoms with Crippen molar-refractivity contribution in [1.82, 2.24) is 5.32 Å². The minimum Gasteiger partial charge on any atom is -0.390 e. The molecule has 70 valence electrons. The molecule has 0 aromatic rings. The van der Waals surface area contributed by atoms with E-state index in [1.807, 2.05) is 13.1 Å². The van der Waals surface area contributed by atoms with Gasteiger partial charge in [-0.25, -0.2) is 0 Å². The largest absolute Gasteiger partial charge is 0.390 e. The Morgan fingerprint density at radius 2 is 2.69 bits per heavy atom. The van der Waals surface area contributed by atoms with Crippen LogP contribution >= 0.6 is 0 Å². The fraction of sp³-hybridized carbons (Fsp3) is 0.500. The SMILES string of the molecule is C#CCON=C(C)C1CC=CNC1. The number of hydrogen-bond donors (Lipinski definition) is 1. The number of hydrogen-bond acceptors (Lipinski definition) is 3. The highest BCUT2D eigenvalue weighted by Gasteiger charge is 2.12. The Bertz CT molecular complexity index is 250. The summed E-state index contributed by atoms with van der Waals surface area (Å²) in [5, 5.41) is 7.09. The van der Waals surface area contributed by atoms with E-state index in [1.54, 1.807) is 0 Å². The number of allylic oxidation sites excluding steroid dienone is 1. The van der Waals surface area contributed by atoms with Crippen LogP contribution in [-0.4, -0.2) is 18.9 Å². The Labute approximate surface area is 78.8 Å². The van der Waals surface area contributed by atoms with E-state index in [-0.39, 0.29) is 6.61 Å². The number of nitrogens with zero attached hydrogens (tertiary/aromatic N) is 1. The van der Waals surface area contributed by atoms with E-state index in [4.69, 9.17) is 11.3 Å². The number of terminal acetylenes is 1. The zero-order chi connectivity index (χ0) is 9.52. The fourth-order valence-electron chi connectivity index (χ4n) is 1.17. The Morgan fingerprint density at radius 1 is 1.85 bits per heavy atom. The summed E-state index contributed by atoms with van der Waals surface area (Å²) < 4.78 is 0. The van der Waals surface area contributed by atoms with Crippen molar-refractivity contribution in [2.45, 2.75) is 13.3 Å². The van der Waals surface area contributed by atoms with Gasteiger partial charge in [-0.15, -0.1) is 6.42 Å². The molecule has 1 atom stereocenters. The fourth-order valence-corrected chi connectivity index (χ4v) is 1.17. The van der Waals surface area contributed by atoms with Crippen molar-refractivity contribution in [1.29, 1.82) is 0 Å². The first-order chi connectivity index (χ1) is 6.34. The van der Waals surface area contributed by atoms with Gasteiger partial charge in [-0.1, -0.05) is 17.2 Å². The molecule has 0 saturated carbocycles. The van der Waals surface area contributed by atoms with Gasteiger partial charge in [0.1, 0.15) is 0 Å². The molecule has 1 unspecified atom stereocenters. The third kappa shape index (κ3) is 3.20. The maximum absolute atomic E-state index is 5.03. The summed E-state index contributed by atoms with van der Waals surface area (Å²) in [4.78, 5) is 4.90. The van der Waals surface area contributed by atoms with Gasteiger partial charge >= 0.3 is 0 Å². The monoisotopic (exact) mass is 178 g/mol. The summed E-state index contributed by atoms with van der Waals surface area (Å²) in [6.45, 7) is 3.13. The molecule has 0 bridgehead atoms. The molecule has 1 aliphatic rings. The summed E-state index contributed by atoms with van der Waals surface area (Å²) in [5.41, 5.74) is 0.993. The van der Waals surface area contributed by atoms with Crippen LogP contribution in [0, 0.1) is 18.3 Å². The van der Waals surface area contributed by atoms with Crippen molar-refractivity contribution in [3.05, 3.63) is 12.3 Å². The van der Waals surface area contributed by atoms with Crippen LogP contribution < -0.4 is 5.32 Å². The van der Waals surface area contributed by atoms with E-state index >= 15 is 0 Å². The Morgan fingerprint density at radius 3 is 3.31 bits per heavy atom. The van der Waals surface area contributed by atoms with Crippen LogP contribution in [-0.2, 0) is 4.84 Å². The minimum atomic E-state index is 0.243. The van der Waals surface area contributed by atoms with Crippen molar-refractivity contribution in [2.75, 3.05) is 13.2 Å². The van der Waals surface area contributed by atoms with Gasteiger partial charge in [0.15, 0.2) is 6.61 Å². The average Bonchev–Trinajstić information content (AvgIpc) is 2.19. The molecule has 13 heavy (non-hydrogen) atoms. The first kappa shape index (κ1) is 9.66. The molecule has 3 heteroatoms. The van der Waals surface area contributed by atoms with Crippen LogP contribution in [0.3, 0.4) is 0 Å². The zero-order valence-corrected chi connectivity index (χ0v) is 7.79. The van der Waals surface area contributed by atoms with Crippen LogP contribution in [0.2, 0.25) is 0 Å². The Hall–Kier alpha value is -1.43. The third-order valence-corrected chi connectivity index (χ3v) is 1.97. The van der Waals surface area contributed by atoms with Gasteiger partial charge in [-0.05, 0) is 19.5 Å². The quantitative estimate of drug-likeness (QED) is 0.304. The van der Waals surface area contributed by atoms with E-state index in [2.05, 4.69) is 22.5 Å². The molecular weight excluding hydrogens is 164 g/mol. The Balaban J connectivity index is 2.37. The topological polar surface area (TPSA) is 33.6 Å². The normalized spacial score (nSPS) is 21.8. The van der Waals surface area contributed by atoms with Crippen LogP contribution in [0.25, 0.3) is 0 Å². The summed E-state index contributed by atoms with van der Waals surface area (Å²) in [7, 11) is 0. The first-order valence-electron chi connectivity index (χ1n) is 4.33. The maximum atomic E-state index is 5.03. The molecule has 1 rings (SSSR count). The maximum Gasteiger partial charge on any atom is 0.177 e. The van der Waals surface area contributed by atoms with E-state index in [1.165, 1.54) is 0 Å². The molecule has 0 aliphatic carbocycles. The summed E-state index contributed by atoms with van der Waals surface area (Å²) in [6.07, 6.45) is 10.1. The molecule has 0 fully saturated rings. The average molecular weight is 178 g/mol. The van der Waals surface area contributed by atoms with Crippen LogP contribution in [0.5, 0.6) is 0 Å². The molecule has 0 spiro atoms. The molecule has 0 aromatic heterocycles. The van der Waals surface area contributed by atoms with Crippen LogP contribution in [0.15, 0.2) is 17.4 Å². The molecule has 1 heterocycles. The van der Waals surface area contributed by atoms with E-state index < -0.39 is 0 Å². The van der Waals surface area contributed by atoms with Gasteiger partial charge < -0.3 is 10.2 Å². The van der Waals surface area contributed by atoms with Gasteiger partial charge in [0, 0.05) is 12.5 Å². The number of rotatable bonds is 3. The van der Waals surface area contributed by atoms with Gasteiger partial charge in [0.2, 0.25) is 0 Å². The summed E-state index contributed by atoms with van der Waals surface area (Å²) >= 11 is 0. The zero-order valence-electron chi connectivity index (χ0n) is 7.79. The number of nitrogens with one attached hydrogen (secondary N) is 1. The predicted octanol–water partition coefficient (Wildman–Crippen LogP) is 1.14. The van der Waals surface area contributed by atoms with E-state index in [0.29, 0.717) is 5.92 Å². The molecule has 3 nitrogen and oxygen atoms in total. The van der Waals surface area contributed by atoms with E-state index in [9.17, 15) is 0 Å². The molecule has 0 amide bonds. The van der Waals surface area contributed by atoms with Crippen LogP contribution in [0.1, 0.15) is 13.3 Å². The third-order valence-electron chi connectivity index (χ3n) is 1.97. The van der Waals surface area contributed by atoms with Crippen molar-refractivity contribution >= 4 is 5.71 Å². The smallest absolute Gasteiger partial charge is 0.177 e. The van der Waals surface area contributed by atoms with E-state index in [0.717, 1.165) is 18.7 Å². The van der Waals surface area contributed by atoms with Crippen molar-refractivity contribution < 1.29 is 4.84 Å². The lowest BCUT2D eigenvalue weighted by molar-refractivity contribution is 0.177. The first-order valence-corrected chi connectivity index (χ1v) is 4.33. The van der Waals surface area contributed by atoms with Crippen molar-refractivity contribution in [3.63, 3.8) is 0 Å².